The maximum Gasteiger partial charge on any atom is 0.253 e. The van der Waals surface area contributed by atoms with E-state index in [1.165, 1.54) is 27.1 Å². The van der Waals surface area contributed by atoms with Crippen LogP contribution in [0, 0.1) is 6.92 Å². The minimum atomic E-state index is -0.235. The number of nitrogens with zero attached hydrogens (tertiary/aromatic N) is 3. The molecule has 3 aromatic rings. The predicted molar refractivity (Wildman–Crippen MR) is 150 cm³/mol. The van der Waals surface area contributed by atoms with E-state index in [9.17, 15) is 9.59 Å². The van der Waals surface area contributed by atoms with Crippen LogP contribution in [-0.4, -0.2) is 65.3 Å². The van der Waals surface area contributed by atoms with Crippen molar-refractivity contribution in [3.05, 3.63) is 92.7 Å². The molecule has 1 fully saturated rings. The molecule has 2 aliphatic heterocycles. The number of carbonyl (C=O) groups excluding carboxylic acids is 2. The third-order valence-electron chi connectivity index (χ3n) is 8.04. The van der Waals surface area contributed by atoms with E-state index in [0.29, 0.717) is 26.2 Å². The van der Waals surface area contributed by atoms with E-state index in [1.807, 2.05) is 45.4 Å². The number of thiophene rings is 1. The van der Waals surface area contributed by atoms with Crippen LogP contribution in [0.5, 0.6) is 0 Å². The molecule has 2 atom stereocenters. The lowest BCUT2D eigenvalue weighted by Crippen LogP contribution is -2.51. The Morgan fingerprint density at radius 2 is 1.65 bits per heavy atom. The second-order valence-electron chi connectivity index (χ2n) is 10.2. The van der Waals surface area contributed by atoms with Crippen LogP contribution in [0.4, 0.5) is 0 Å². The molecule has 1 saturated heterocycles. The van der Waals surface area contributed by atoms with Crippen LogP contribution < -0.4 is 0 Å². The van der Waals surface area contributed by atoms with Gasteiger partial charge in [-0.15, -0.1) is 11.3 Å². The predicted octanol–water partition coefficient (Wildman–Crippen LogP) is 5.33. The minimum absolute atomic E-state index is 0.0608. The molecule has 0 aliphatic carbocycles. The van der Waals surface area contributed by atoms with Crippen molar-refractivity contribution in [3.8, 4) is 0 Å². The monoisotopic (exact) mass is 515 g/mol. The fraction of sp³-hybridized carbons (Fsp3) is 0.419. The molecule has 0 spiro atoms. The highest BCUT2D eigenvalue weighted by Crippen LogP contribution is 2.40. The second kappa shape index (κ2) is 11.2. The van der Waals surface area contributed by atoms with Crippen molar-refractivity contribution >= 4 is 23.2 Å². The molecule has 0 unspecified atom stereocenters. The Morgan fingerprint density at radius 1 is 0.919 bits per heavy atom. The molecule has 1 aromatic heterocycles. The van der Waals surface area contributed by atoms with Crippen molar-refractivity contribution in [1.29, 1.82) is 0 Å². The van der Waals surface area contributed by atoms with Gasteiger partial charge in [-0.2, -0.15) is 0 Å². The Balaban J connectivity index is 1.30. The van der Waals surface area contributed by atoms with Crippen LogP contribution in [0.1, 0.15) is 63.8 Å². The standard InChI is InChI=1S/C31H37N3O2S/c1-4-24-10-12-25(13-11-24)31(36)33-17-7-16-32(19-20-33)30(35)23(3)34-18-14-28-27(15-21-37-28)29(34)26-9-6-5-8-22(26)2/h5-6,8-13,15,21,23,29H,4,7,14,16-20H2,1-3H3/t23-,29+/m1/s1. The molecular formula is C31H37N3O2S. The number of rotatable bonds is 5. The molecular weight excluding hydrogens is 478 g/mol. The van der Waals surface area contributed by atoms with Crippen molar-refractivity contribution in [2.45, 2.75) is 52.1 Å². The summed E-state index contributed by atoms with van der Waals surface area (Å²) in [5.41, 5.74) is 5.84. The van der Waals surface area contributed by atoms with Crippen molar-refractivity contribution in [2.75, 3.05) is 32.7 Å². The first-order valence-electron chi connectivity index (χ1n) is 13.5. The number of benzene rings is 2. The van der Waals surface area contributed by atoms with Gasteiger partial charge in [0.25, 0.3) is 5.91 Å². The Kier molecular flexibility index (Phi) is 7.77. The molecule has 5 rings (SSSR count). The third-order valence-corrected chi connectivity index (χ3v) is 9.04. The normalized spacial score (nSPS) is 19.3. The average molecular weight is 516 g/mol. The van der Waals surface area contributed by atoms with Crippen LogP contribution in [0.15, 0.2) is 60.0 Å². The lowest BCUT2D eigenvalue weighted by molar-refractivity contribution is -0.137. The van der Waals surface area contributed by atoms with E-state index in [0.717, 1.165) is 31.4 Å². The van der Waals surface area contributed by atoms with Crippen molar-refractivity contribution in [3.63, 3.8) is 0 Å². The largest absolute Gasteiger partial charge is 0.340 e. The fourth-order valence-electron chi connectivity index (χ4n) is 5.81. The van der Waals surface area contributed by atoms with Crippen LogP contribution >= 0.6 is 11.3 Å². The molecule has 2 aliphatic rings. The van der Waals surface area contributed by atoms with E-state index < -0.39 is 0 Å². The maximum atomic E-state index is 13.9. The van der Waals surface area contributed by atoms with E-state index in [4.69, 9.17) is 0 Å². The molecule has 0 N–H and O–H groups in total. The number of aryl methyl sites for hydroxylation is 2. The van der Waals surface area contributed by atoms with E-state index in [1.54, 1.807) is 0 Å². The van der Waals surface area contributed by atoms with Gasteiger partial charge in [0.1, 0.15) is 0 Å². The van der Waals surface area contributed by atoms with Crippen molar-refractivity contribution < 1.29 is 9.59 Å². The molecule has 0 radical (unpaired) electrons. The summed E-state index contributed by atoms with van der Waals surface area (Å²) in [5.74, 6) is 0.226. The van der Waals surface area contributed by atoms with Gasteiger partial charge in [0.05, 0.1) is 12.1 Å². The number of fused-ring (bicyclic) bond motifs is 1. The third kappa shape index (κ3) is 5.23. The van der Waals surface area contributed by atoms with Gasteiger partial charge in [-0.05, 0) is 78.9 Å². The summed E-state index contributed by atoms with van der Waals surface area (Å²) in [6, 6.07) is 18.6. The van der Waals surface area contributed by atoms with Gasteiger partial charge in [-0.25, -0.2) is 0 Å². The molecule has 2 amide bonds. The van der Waals surface area contributed by atoms with Gasteiger partial charge in [0.2, 0.25) is 5.91 Å². The summed E-state index contributed by atoms with van der Waals surface area (Å²) in [5, 5.41) is 2.18. The summed E-state index contributed by atoms with van der Waals surface area (Å²) in [6.07, 6.45) is 2.74. The van der Waals surface area contributed by atoms with Crippen molar-refractivity contribution in [2.24, 2.45) is 0 Å². The highest BCUT2D eigenvalue weighted by atomic mass is 32.1. The molecule has 6 heteroatoms. The van der Waals surface area contributed by atoms with Crippen LogP contribution in [0.2, 0.25) is 0 Å². The lowest BCUT2D eigenvalue weighted by atomic mass is 9.89. The zero-order valence-electron chi connectivity index (χ0n) is 22.2. The van der Waals surface area contributed by atoms with Gasteiger partial charge in [-0.3, -0.25) is 14.5 Å². The smallest absolute Gasteiger partial charge is 0.253 e. The number of hydrogen-bond donors (Lipinski definition) is 0. The van der Waals surface area contributed by atoms with Gasteiger partial charge >= 0.3 is 0 Å². The van der Waals surface area contributed by atoms with Crippen molar-refractivity contribution in [1.82, 2.24) is 14.7 Å². The Morgan fingerprint density at radius 3 is 2.41 bits per heavy atom. The summed E-state index contributed by atoms with van der Waals surface area (Å²) in [4.78, 5) is 34.7. The van der Waals surface area contributed by atoms with Gasteiger partial charge in [-0.1, -0.05) is 43.3 Å². The number of carbonyl (C=O) groups is 2. The molecule has 5 nitrogen and oxygen atoms in total. The summed E-state index contributed by atoms with van der Waals surface area (Å²) in [6.45, 7) is 9.73. The SMILES string of the molecule is CCc1ccc(C(=O)N2CCCN(C(=O)[C@@H](C)N3CCc4sccc4[C@@H]3c3ccccc3C)CC2)cc1. The summed E-state index contributed by atoms with van der Waals surface area (Å²) < 4.78 is 0. The molecule has 3 heterocycles. The lowest BCUT2D eigenvalue weighted by Gasteiger charge is -2.41. The van der Waals surface area contributed by atoms with Gasteiger partial charge in [0.15, 0.2) is 0 Å². The number of hydrogen-bond acceptors (Lipinski definition) is 4. The topological polar surface area (TPSA) is 43.9 Å². The quantitative estimate of drug-likeness (QED) is 0.461. The maximum absolute atomic E-state index is 13.9. The summed E-state index contributed by atoms with van der Waals surface area (Å²) in [7, 11) is 0. The van der Waals surface area contributed by atoms with E-state index >= 15 is 0 Å². The second-order valence-corrected chi connectivity index (χ2v) is 11.2. The first kappa shape index (κ1) is 25.7. The van der Waals surface area contributed by atoms with Gasteiger partial charge in [0, 0.05) is 43.2 Å². The van der Waals surface area contributed by atoms with Crippen LogP contribution in [-0.2, 0) is 17.6 Å². The first-order valence-corrected chi connectivity index (χ1v) is 14.4. The average Bonchev–Trinajstić information content (AvgIpc) is 3.28. The Bertz CT molecular complexity index is 1250. The molecule has 37 heavy (non-hydrogen) atoms. The highest BCUT2D eigenvalue weighted by Gasteiger charge is 2.37. The van der Waals surface area contributed by atoms with Gasteiger partial charge < -0.3 is 9.80 Å². The molecule has 194 valence electrons. The fourth-order valence-corrected chi connectivity index (χ4v) is 6.71. The summed E-state index contributed by atoms with van der Waals surface area (Å²) >= 11 is 1.83. The Labute approximate surface area is 224 Å². The van der Waals surface area contributed by atoms with Crippen LogP contribution in [0.3, 0.4) is 0 Å². The zero-order chi connectivity index (χ0) is 25.9. The Hall–Kier alpha value is -2.96. The molecule has 0 bridgehead atoms. The zero-order valence-corrected chi connectivity index (χ0v) is 23.0. The van der Waals surface area contributed by atoms with Crippen LogP contribution in [0.25, 0.3) is 0 Å². The molecule has 0 saturated carbocycles. The number of amides is 2. The van der Waals surface area contributed by atoms with E-state index in [2.05, 4.69) is 61.4 Å². The first-order chi connectivity index (χ1) is 18.0. The minimum Gasteiger partial charge on any atom is -0.340 e. The van der Waals surface area contributed by atoms with E-state index in [-0.39, 0.29) is 23.9 Å². The molecule has 2 aromatic carbocycles. The highest BCUT2D eigenvalue weighted by molar-refractivity contribution is 7.10.